The highest BCUT2D eigenvalue weighted by atomic mass is 32.2. The second-order valence-electron chi connectivity index (χ2n) is 6.58. The number of fused-ring (bicyclic) bond motifs is 1. The van der Waals surface area contributed by atoms with E-state index in [1.54, 1.807) is 17.7 Å². The van der Waals surface area contributed by atoms with Gasteiger partial charge in [-0.1, -0.05) is 11.8 Å². The van der Waals surface area contributed by atoms with Gasteiger partial charge >= 0.3 is 0 Å². The van der Waals surface area contributed by atoms with E-state index in [1.165, 1.54) is 11.8 Å². The predicted octanol–water partition coefficient (Wildman–Crippen LogP) is 1.11. The Bertz CT molecular complexity index is 906. The van der Waals surface area contributed by atoms with Crippen LogP contribution in [-0.4, -0.2) is 83.6 Å². The standard InChI is InChI=1S/C16H20N4O3S3/c21-14(9-25-16-13-1-7-24-15(13)17-11-18-16)20-5-3-19(4-6-20)12-2-8-26(22,23)10-12/h1,7,11-12H,2-6,8-10H2/t12-/m0/s1. The molecule has 10 heteroatoms. The number of amides is 1. The minimum absolute atomic E-state index is 0.107. The molecule has 0 aliphatic carbocycles. The van der Waals surface area contributed by atoms with Gasteiger partial charge in [-0.2, -0.15) is 0 Å². The van der Waals surface area contributed by atoms with Gasteiger partial charge in [-0.3, -0.25) is 9.69 Å². The van der Waals surface area contributed by atoms with Gasteiger partial charge in [0.2, 0.25) is 5.91 Å². The molecule has 26 heavy (non-hydrogen) atoms. The molecule has 2 fully saturated rings. The van der Waals surface area contributed by atoms with Crippen molar-refractivity contribution in [3.63, 3.8) is 0 Å². The Kier molecular flexibility index (Phi) is 5.18. The Morgan fingerprint density at radius 3 is 2.81 bits per heavy atom. The number of carbonyl (C=O) groups is 1. The lowest BCUT2D eigenvalue weighted by Crippen LogP contribution is -2.52. The van der Waals surface area contributed by atoms with Crippen LogP contribution in [0.15, 0.2) is 22.8 Å². The van der Waals surface area contributed by atoms with Crippen molar-refractivity contribution >= 4 is 49.1 Å². The topological polar surface area (TPSA) is 83.5 Å². The molecule has 4 heterocycles. The Labute approximate surface area is 160 Å². The lowest BCUT2D eigenvalue weighted by atomic mass is 10.2. The second-order valence-corrected chi connectivity index (χ2v) is 10.7. The zero-order valence-electron chi connectivity index (χ0n) is 14.2. The number of carbonyl (C=O) groups excluding carboxylic acids is 1. The Balaban J connectivity index is 1.29. The number of thiophene rings is 1. The molecule has 7 nitrogen and oxygen atoms in total. The summed E-state index contributed by atoms with van der Waals surface area (Å²) >= 11 is 3.02. The molecule has 0 bridgehead atoms. The first-order valence-corrected chi connectivity index (χ1v) is 12.2. The third kappa shape index (κ3) is 3.88. The zero-order valence-corrected chi connectivity index (χ0v) is 16.7. The maximum absolute atomic E-state index is 12.5. The highest BCUT2D eigenvalue weighted by Crippen LogP contribution is 2.28. The monoisotopic (exact) mass is 412 g/mol. The first-order valence-electron chi connectivity index (χ1n) is 8.55. The van der Waals surface area contributed by atoms with Gasteiger partial charge in [0.1, 0.15) is 16.2 Å². The highest BCUT2D eigenvalue weighted by molar-refractivity contribution is 8.00. The van der Waals surface area contributed by atoms with E-state index in [9.17, 15) is 13.2 Å². The fraction of sp³-hybridized carbons (Fsp3) is 0.562. The first kappa shape index (κ1) is 18.1. The van der Waals surface area contributed by atoms with Gasteiger partial charge < -0.3 is 4.90 Å². The molecule has 0 N–H and O–H groups in total. The minimum Gasteiger partial charge on any atom is -0.339 e. The van der Waals surface area contributed by atoms with E-state index in [0.717, 1.165) is 34.8 Å². The van der Waals surface area contributed by atoms with Gasteiger partial charge in [-0.05, 0) is 17.9 Å². The summed E-state index contributed by atoms with van der Waals surface area (Å²) in [5, 5.41) is 3.83. The lowest BCUT2D eigenvalue weighted by molar-refractivity contribution is -0.130. The van der Waals surface area contributed by atoms with Gasteiger partial charge in [-0.15, -0.1) is 11.3 Å². The fourth-order valence-corrected chi connectivity index (χ4v) is 6.95. The van der Waals surface area contributed by atoms with Crippen molar-refractivity contribution in [1.82, 2.24) is 19.8 Å². The number of piperazine rings is 1. The van der Waals surface area contributed by atoms with Gasteiger partial charge in [0.05, 0.1) is 17.3 Å². The summed E-state index contributed by atoms with van der Waals surface area (Å²) in [6.45, 7) is 2.82. The van der Waals surface area contributed by atoms with E-state index in [1.807, 2.05) is 16.3 Å². The van der Waals surface area contributed by atoms with E-state index in [-0.39, 0.29) is 17.7 Å². The van der Waals surface area contributed by atoms with E-state index in [4.69, 9.17) is 0 Å². The molecule has 0 aromatic carbocycles. The van der Waals surface area contributed by atoms with Gasteiger partial charge in [-0.25, -0.2) is 18.4 Å². The molecular weight excluding hydrogens is 392 g/mol. The average Bonchev–Trinajstić information content (AvgIpc) is 3.26. The molecule has 2 aliphatic rings. The molecule has 2 aliphatic heterocycles. The van der Waals surface area contributed by atoms with Crippen LogP contribution in [0, 0.1) is 0 Å². The Hall–Kier alpha value is -1.23. The smallest absolute Gasteiger partial charge is 0.233 e. The number of aromatic nitrogens is 2. The van der Waals surface area contributed by atoms with E-state index < -0.39 is 9.84 Å². The quantitative estimate of drug-likeness (QED) is 0.549. The number of hydrogen-bond acceptors (Lipinski definition) is 8. The number of sulfone groups is 1. The van der Waals surface area contributed by atoms with E-state index in [0.29, 0.717) is 24.6 Å². The Morgan fingerprint density at radius 1 is 1.27 bits per heavy atom. The van der Waals surface area contributed by atoms with Crippen LogP contribution < -0.4 is 0 Å². The van der Waals surface area contributed by atoms with Gasteiger partial charge in [0.15, 0.2) is 9.84 Å². The van der Waals surface area contributed by atoms with Crippen molar-refractivity contribution in [2.24, 2.45) is 0 Å². The number of nitrogens with zero attached hydrogens (tertiary/aromatic N) is 4. The van der Waals surface area contributed by atoms with Crippen molar-refractivity contribution in [3.05, 3.63) is 17.8 Å². The highest BCUT2D eigenvalue weighted by Gasteiger charge is 2.34. The summed E-state index contributed by atoms with van der Waals surface area (Å²) in [4.78, 5) is 26.1. The largest absolute Gasteiger partial charge is 0.339 e. The minimum atomic E-state index is -2.86. The second kappa shape index (κ2) is 7.41. The molecule has 0 spiro atoms. The zero-order chi connectivity index (χ0) is 18.1. The molecule has 2 aromatic rings. The van der Waals surface area contributed by atoms with Crippen LogP contribution in [-0.2, 0) is 14.6 Å². The molecular formula is C16H20N4O3S3. The van der Waals surface area contributed by atoms with Crippen LogP contribution in [0.2, 0.25) is 0 Å². The molecule has 1 amide bonds. The fourth-order valence-electron chi connectivity index (χ4n) is 3.50. The number of thioether (sulfide) groups is 1. The molecule has 0 radical (unpaired) electrons. The first-order chi connectivity index (χ1) is 12.5. The SMILES string of the molecule is O=C(CSc1ncnc2sccc12)N1CCN([C@H]2CCS(=O)(=O)C2)CC1. The normalized spacial score (nSPS) is 23.5. The molecule has 0 unspecified atom stereocenters. The summed E-state index contributed by atoms with van der Waals surface area (Å²) in [5.74, 6) is 1.03. The third-order valence-corrected chi connectivity index (χ3v) is 8.51. The van der Waals surface area contributed by atoms with Crippen LogP contribution in [0.5, 0.6) is 0 Å². The van der Waals surface area contributed by atoms with Crippen LogP contribution in [0.25, 0.3) is 10.2 Å². The maximum atomic E-state index is 12.5. The molecule has 2 saturated heterocycles. The van der Waals surface area contributed by atoms with Crippen LogP contribution in [0.4, 0.5) is 0 Å². The van der Waals surface area contributed by atoms with Crippen LogP contribution in [0.1, 0.15) is 6.42 Å². The van der Waals surface area contributed by atoms with E-state index >= 15 is 0 Å². The summed E-state index contributed by atoms with van der Waals surface area (Å²) < 4.78 is 23.3. The van der Waals surface area contributed by atoms with Gasteiger partial charge in [0, 0.05) is 37.6 Å². The molecule has 140 valence electrons. The van der Waals surface area contributed by atoms with Crippen LogP contribution in [0.3, 0.4) is 0 Å². The summed E-state index contributed by atoms with van der Waals surface area (Å²) in [6.07, 6.45) is 2.26. The number of hydrogen-bond donors (Lipinski definition) is 0. The van der Waals surface area contributed by atoms with Crippen molar-refractivity contribution in [3.8, 4) is 0 Å². The van der Waals surface area contributed by atoms with Gasteiger partial charge in [0.25, 0.3) is 0 Å². The number of rotatable bonds is 4. The summed E-state index contributed by atoms with van der Waals surface area (Å²) in [5.41, 5.74) is 0. The summed E-state index contributed by atoms with van der Waals surface area (Å²) in [6, 6.07) is 2.11. The molecule has 1 atom stereocenters. The molecule has 2 aromatic heterocycles. The predicted molar refractivity (Wildman–Crippen MR) is 103 cm³/mol. The third-order valence-electron chi connectivity index (χ3n) is 4.95. The van der Waals surface area contributed by atoms with Crippen molar-refractivity contribution in [2.45, 2.75) is 17.5 Å². The van der Waals surface area contributed by atoms with Crippen LogP contribution >= 0.6 is 23.1 Å². The average molecular weight is 413 g/mol. The molecule has 4 rings (SSSR count). The summed E-state index contributed by atoms with van der Waals surface area (Å²) in [7, 11) is -2.86. The van der Waals surface area contributed by atoms with Crippen molar-refractivity contribution in [2.75, 3.05) is 43.4 Å². The maximum Gasteiger partial charge on any atom is 0.233 e. The van der Waals surface area contributed by atoms with Crippen molar-refractivity contribution < 1.29 is 13.2 Å². The Morgan fingerprint density at radius 2 is 2.08 bits per heavy atom. The lowest BCUT2D eigenvalue weighted by Gasteiger charge is -2.37. The molecule has 0 saturated carbocycles. The van der Waals surface area contributed by atoms with E-state index in [2.05, 4.69) is 14.9 Å². The van der Waals surface area contributed by atoms with Crippen molar-refractivity contribution in [1.29, 1.82) is 0 Å².